The molecule has 0 amide bonds. The van der Waals surface area contributed by atoms with Crippen LogP contribution in [0.2, 0.25) is 0 Å². The second-order valence-electron chi connectivity index (χ2n) is 5.57. The second kappa shape index (κ2) is 7.95. The Hall–Kier alpha value is -0.660. The Bertz CT molecular complexity index is 401. The smallest absolute Gasteiger partial charge is 0.306 e. The summed E-state index contributed by atoms with van der Waals surface area (Å²) >= 11 is 0. The molecule has 1 fully saturated rings. The zero-order valence-electron chi connectivity index (χ0n) is 12.7. The highest BCUT2D eigenvalue weighted by molar-refractivity contribution is 7.89. The minimum absolute atomic E-state index is 0.225. The standard InChI is InChI=1S/C13H26N2O4S/c1-12(2)5-11-20(17,18)15-9-7-14(8-10-15)6-4-13(16)19-3/h12H,4-11H2,1-3H3. The Morgan fingerprint density at radius 1 is 1.20 bits per heavy atom. The Kier molecular flexibility index (Phi) is 6.91. The van der Waals surface area contributed by atoms with E-state index in [9.17, 15) is 13.2 Å². The van der Waals surface area contributed by atoms with Crippen LogP contribution in [0.25, 0.3) is 0 Å². The molecule has 7 heteroatoms. The number of piperazine rings is 1. The summed E-state index contributed by atoms with van der Waals surface area (Å²) in [7, 11) is -1.75. The van der Waals surface area contributed by atoms with E-state index in [1.807, 2.05) is 13.8 Å². The molecule has 1 heterocycles. The normalized spacial score (nSPS) is 18.4. The molecule has 0 atom stereocenters. The van der Waals surface area contributed by atoms with E-state index in [-0.39, 0.29) is 11.7 Å². The van der Waals surface area contributed by atoms with E-state index in [2.05, 4.69) is 9.64 Å². The molecular weight excluding hydrogens is 280 g/mol. The maximum Gasteiger partial charge on any atom is 0.306 e. The molecule has 0 radical (unpaired) electrons. The van der Waals surface area contributed by atoms with Crippen LogP contribution < -0.4 is 0 Å². The van der Waals surface area contributed by atoms with Crippen molar-refractivity contribution in [2.75, 3.05) is 45.6 Å². The van der Waals surface area contributed by atoms with Gasteiger partial charge in [-0.1, -0.05) is 13.8 Å². The first-order valence-electron chi connectivity index (χ1n) is 7.12. The second-order valence-corrected chi connectivity index (χ2v) is 7.65. The zero-order chi connectivity index (χ0) is 15.2. The van der Waals surface area contributed by atoms with E-state index in [4.69, 9.17) is 0 Å². The predicted octanol–water partition coefficient (Wildman–Crippen LogP) is 0.543. The van der Waals surface area contributed by atoms with Gasteiger partial charge in [0.05, 0.1) is 19.3 Å². The van der Waals surface area contributed by atoms with Crippen molar-refractivity contribution < 1.29 is 17.9 Å². The largest absolute Gasteiger partial charge is 0.469 e. The van der Waals surface area contributed by atoms with E-state index < -0.39 is 10.0 Å². The van der Waals surface area contributed by atoms with Crippen LogP contribution in [0, 0.1) is 5.92 Å². The minimum Gasteiger partial charge on any atom is -0.469 e. The van der Waals surface area contributed by atoms with Crippen molar-refractivity contribution in [3.63, 3.8) is 0 Å². The molecule has 0 unspecified atom stereocenters. The fourth-order valence-corrected chi connectivity index (χ4v) is 3.84. The molecule has 1 aliphatic heterocycles. The summed E-state index contributed by atoms with van der Waals surface area (Å²) in [5, 5.41) is 0. The van der Waals surface area contributed by atoms with Gasteiger partial charge < -0.3 is 9.64 Å². The Balaban J connectivity index is 2.36. The number of esters is 1. The van der Waals surface area contributed by atoms with Crippen molar-refractivity contribution in [3.8, 4) is 0 Å². The van der Waals surface area contributed by atoms with Gasteiger partial charge in [0.2, 0.25) is 10.0 Å². The summed E-state index contributed by atoms with van der Waals surface area (Å²) in [6.45, 7) is 7.08. The van der Waals surface area contributed by atoms with E-state index in [1.54, 1.807) is 4.31 Å². The van der Waals surface area contributed by atoms with Gasteiger partial charge in [0.25, 0.3) is 0 Å². The first-order valence-corrected chi connectivity index (χ1v) is 8.73. The van der Waals surface area contributed by atoms with Crippen LogP contribution in [-0.2, 0) is 19.6 Å². The lowest BCUT2D eigenvalue weighted by Crippen LogP contribution is -2.49. The summed E-state index contributed by atoms with van der Waals surface area (Å²) in [5.41, 5.74) is 0. The summed E-state index contributed by atoms with van der Waals surface area (Å²) < 4.78 is 30.5. The van der Waals surface area contributed by atoms with Gasteiger partial charge in [-0.25, -0.2) is 8.42 Å². The summed E-state index contributed by atoms with van der Waals surface area (Å²) in [6.07, 6.45) is 1.06. The Morgan fingerprint density at radius 2 is 1.80 bits per heavy atom. The van der Waals surface area contributed by atoms with Crippen LogP contribution in [0.3, 0.4) is 0 Å². The molecule has 0 aromatic rings. The highest BCUT2D eigenvalue weighted by Crippen LogP contribution is 2.12. The molecule has 1 aliphatic rings. The number of hydrogen-bond donors (Lipinski definition) is 0. The first-order chi connectivity index (χ1) is 9.35. The SMILES string of the molecule is COC(=O)CCN1CCN(S(=O)(=O)CCC(C)C)CC1. The average molecular weight is 306 g/mol. The van der Waals surface area contributed by atoms with Crippen LogP contribution in [0.15, 0.2) is 0 Å². The van der Waals surface area contributed by atoms with Gasteiger partial charge in [0.1, 0.15) is 0 Å². The molecule has 1 saturated heterocycles. The summed E-state index contributed by atoms with van der Waals surface area (Å²) in [6, 6.07) is 0. The van der Waals surface area contributed by atoms with Gasteiger partial charge in [-0.3, -0.25) is 4.79 Å². The monoisotopic (exact) mass is 306 g/mol. The lowest BCUT2D eigenvalue weighted by molar-refractivity contribution is -0.141. The fourth-order valence-electron chi connectivity index (χ4n) is 2.10. The highest BCUT2D eigenvalue weighted by atomic mass is 32.2. The number of sulfonamides is 1. The Morgan fingerprint density at radius 3 is 2.30 bits per heavy atom. The average Bonchev–Trinajstić information content (AvgIpc) is 2.43. The maximum absolute atomic E-state index is 12.1. The van der Waals surface area contributed by atoms with Crippen LogP contribution >= 0.6 is 0 Å². The molecule has 0 saturated carbocycles. The van der Waals surface area contributed by atoms with E-state index in [1.165, 1.54) is 7.11 Å². The number of nitrogens with zero attached hydrogens (tertiary/aromatic N) is 2. The third-order valence-electron chi connectivity index (χ3n) is 3.54. The molecule has 1 rings (SSSR count). The Labute approximate surface area is 122 Å². The third kappa shape index (κ3) is 5.76. The van der Waals surface area contributed by atoms with Gasteiger partial charge >= 0.3 is 5.97 Å². The quantitative estimate of drug-likeness (QED) is 0.642. The number of carbonyl (C=O) groups is 1. The van der Waals surface area contributed by atoms with Gasteiger partial charge in [-0.05, 0) is 12.3 Å². The van der Waals surface area contributed by atoms with Crippen molar-refractivity contribution in [1.29, 1.82) is 0 Å². The molecular formula is C13H26N2O4S. The van der Waals surface area contributed by atoms with Gasteiger partial charge in [0, 0.05) is 32.7 Å². The van der Waals surface area contributed by atoms with Crippen molar-refractivity contribution >= 4 is 16.0 Å². The number of ether oxygens (including phenoxy) is 1. The van der Waals surface area contributed by atoms with E-state index in [0.29, 0.717) is 51.5 Å². The van der Waals surface area contributed by atoms with Crippen LogP contribution in [-0.4, -0.2) is 69.2 Å². The maximum atomic E-state index is 12.1. The van der Waals surface area contributed by atoms with Crippen LogP contribution in [0.1, 0.15) is 26.7 Å². The predicted molar refractivity (Wildman–Crippen MR) is 77.9 cm³/mol. The molecule has 0 aliphatic carbocycles. The van der Waals surface area contributed by atoms with E-state index >= 15 is 0 Å². The lowest BCUT2D eigenvalue weighted by atomic mass is 10.2. The minimum atomic E-state index is -3.12. The summed E-state index contributed by atoms with van der Waals surface area (Å²) in [5.74, 6) is 0.399. The summed E-state index contributed by atoms with van der Waals surface area (Å²) in [4.78, 5) is 13.2. The zero-order valence-corrected chi connectivity index (χ0v) is 13.5. The first kappa shape index (κ1) is 17.4. The van der Waals surface area contributed by atoms with E-state index in [0.717, 1.165) is 0 Å². The molecule has 20 heavy (non-hydrogen) atoms. The van der Waals surface area contributed by atoms with Crippen molar-refractivity contribution in [2.45, 2.75) is 26.7 Å². The van der Waals surface area contributed by atoms with Crippen molar-refractivity contribution in [1.82, 2.24) is 9.21 Å². The fraction of sp³-hybridized carbons (Fsp3) is 0.923. The van der Waals surface area contributed by atoms with Crippen molar-refractivity contribution in [3.05, 3.63) is 0 Å². The molecule has 0 aromatic carbocycles. The van der Waals surface area contributed by atoms with Crippen molar-refractivity contribution in [2.24, 2.45) is 5.92 Å². The lowest BCUT2D eigenvalue weighted by Gasteiger charge is -2.33. The molecule has 0 N–H and O–H groups in total. The molecule has 6 nitrogen and oxygen atoms in total. The molecule has 118 valence electrons. The molecule has 0 spiro atoms. The van der Waals surface area contributed by atoms with Crippen LogP contribution in [0.5, 0.6) is 0 Å². The number of hydrogen-bond acceptors (Lipinski definition) is 5. The number of rotatable bonds is 7. The topological polar surface area (TPSA) is 66.9 Å². The highest BCUT2D eigenvalue weighted by Gasteiger charge is 2.26. The van der Waals surface area contributed by atoms with Gasteiger partial charge in [0.15, 0.2) is 0 Å². The van der Waals surface area contributed by atoms with Crippen LogP contribution in [0.4, 0.5) is 0 Å². The number of carbonyl (C=O) groups excluding carboxylic acids is 1. The number of methoxy groups -OCH3 is 1. The third-order valence-corrected chi connectivity index (χ3v) is 5.44. The molecule has 0 bridgehead atoms. The molecule has 0 aromatic heterocycles. The van der Waals surface area contributed by atoms with Gasteiger partial charge in [-0.2, -0.15) is 4.31 Å². The van der Waals surface area contributed by atoms with Gasteiger partial charge in [-0.15, -0.1) is 0 Å².